The Morgan fingerprint density at radius 2 is 1.81 bits per heavy atom. The summed E-state index contributed by atoms with van der Waals surface area (Å²) in [5.41, 5.74) is 1.65. The minimum atomic E-state index is -0.605. The number of nitrogens with zero attached hydrogens (tertiary/aromatic N) is 3. The van der Waals surface area contributed by atoms with E-state index >= 15 is 0 Å². The number of anilines is 2. The zero-order valence-electron chi connectivity index (χ0n) is 15.0. The van der Waals surface area contributed by atoms with Gasteiger partial charge < -0.3 is 15.1 Å². The number of likely N-dealkylation sites (N-methyl/N-ethyl adjacent to an activating group) is 1. The average molecular weight is 389 g/mol. The Labute approximate surface area is 162 Å². The van der Waals surface area contributed by atoms with Gasteiger partial charge in [0, 0.05) is 49.2 Å². The van der Waals surface area contributed by atoms with Crippen LogP contribution in [0.25, 0.3) is 0 Å². The fraction of sp³-hybridized carbons (Fsp3) is 0.316. The lowest BCUT2D eigenvalue weighted by Gasteiger charge is -2.35. The highest BCUT2D eigenvalue weighted by Crippen LogP contribution is 2.26. The first kappa shape index (κ1) is 19.1. The Bertz CT molecular complexity index is 833. The second-order valence-electron chi connectivity index (χ2n) is 6.35. The Morgan fingerprint density at radius 1 is 1.15 bits per heavy atom. The molecule has 1 fully saturated rings. The molecule has 1 heterocycles. The van der Waals surface area contributed by atoms with Crippen LogP contribution in [0.15, 0.2) is 42.5 Å². The molecular formula is C19H21ClN4O3. The SMILES string of the molecule is CCN1CCN(c2ccc(NC(=O)c3ccc(Cl)c([N+](=O)[O-])c3)cc2)CC1. The molecule has 3 rings (SSSR count). The maximum Gasteiger partial charge on any atom is 0.288 e. The van der Waals surface area contributed by atoms with E-state index in [9.17, 15) is 14.9 Å². The molecule has 0 unspecified atom stereocenters. The fourth-order valence-corrected chi connectivity index (χ4v) is 3.26. The van der Waals surface area contributed by atoms with Gasteiger partial charge >= 0.3 is 0 Å². The van der Waals surface area contributed by atoms with E-state index in [0.29, 0.717) is 5.69 Å². The summed E-state index contributed by atoms with van der Waals surface area (Å²) in [6.07, 6.45) is 0. The lowest BCUT2D eigenvalue weighted by molar-refractivity contribution is -0.384. The molecule has 2 aromatic carbocycles. The molecule has 1 saturated heterocycles. The highest BCUT2D eigenvalue weighted by molar-refractivity contribution is 6.32. The normalized spacial score (nSPS) is 14.8. The third-order valence-electron chi connectivity index (χ3n) is 4.71. The number of hydrogen-bond acceptors (Lipinski definition) is 5. The molecule has 0 radical (unpaired) electrons. The van der Waals surface area contributed by atoms with Crippen LogP contribution in [0, 0.1) is 10.1 Å². The van der Waals surface area contributed by atoms with Crippen LogP contribution in [-0.2, 0) is 0 Å². The van der Waals surface area contributed by atoms with Gasteiger partial charge in [0.25, 0.3) is 11.6 Å². The largest absolute Gasteiger partial charge is 0.369 e. The number of benzene rings is 2. The highest BCUT2D eigenvalue weighted by atomic mass is 35.5. The minimum absolute atomic E-state index is 0.00377. The van der Waals surface area contributed by atoms with Crippen molar-refractivity contribution in [2.75, 3.05) is 42.9 Å². The van der Waals surface area contributed by atoms with E-state index in [1.807, 2.05) is 24.3 Å². The Hall–Kier alpha value is -2.64. The third kappa shape index (κ3) is 4.56. The fourth-order valence-electron chi connectivity index (χ4n) is 3.07. The van der Waals surface area contributed by atoms with Crippen molar-refractivity contribution in [2.45, 2.75) is 6.92 Å². The average Bonchev–Trinajstić information content (AvgIpc) is 2.68. The number of hydrogen-bond donors (Lipinski definition) is 1. The molecule has 1 aliphatic rings. The Morgan fingerprint density at radius 3 is 2.41 bits per heavy atom. The molecule has 142 valence electrons. The standard InChI is InChI=1S/C19H21ClN4O3/c1-2-22-9-11-23(12-10-22)16-6-4-15(5-7-16)21-19(25)14-3-8-17(20)18(13-14)24(26)27/h3-8,13H,2,9-12H2,1H3,(H,21,25). The molecule has 0 bridgehead atoms. The molecule has 7 nitrogen and oxygen atoms in total. The van der Waals surface area contributed by atoms with Crippen LogP contribution in [0.2, 0.25) is 5.02 Å². The molecule has 1 aliphatic heterocycles. The quantitative estimate of drug-likeness (QED) is 0.624. The molecule has 0 aliphatic carbocycles. The first-order valence-electron chi connectivity index (χ1n) is 8.80. The van der Waals surface area contributed by atoms with Gasteiger partial charge in [0.1, 0.15) is 5.02 Å². The van der Waals surface area contributed by atoms with Crippen molar-refractivity contribution in [3.63, 3.8) is 0 Å². The van der Waals surface area contributed by atoms with Crippen molar-refractivity contribution in [3.05, 3.63) is 63.2 Å². The maximum absolute atomic E-state index is 12.4. The molecule has 27 heavy (non-hydrogen) atoms. The summed E-state index contributed by atoms with van der Waals surface area (Å²) in [5, 5.41) is 13.7. The zero-order valence-corrected chi connectivity index (χ0v) is 15.8. The van der Waals surface area contributed by atoms with Crippen LogP contribution in [0.1, 0.15) is 17.3 Å². The molecule has 0 aromatic heterocycles. The summed E-state index contributed by atoms with van der Waals surface area (Å²) in [6, 6.07) is 11.6. The number of amides is 1. The number of carbonyl (C=O) groups excluding carboxylic acids is 1. The third-order valence-corrected chi connectivity index (χ3v) is 5.03. The van der Waals surface area contributed by atoms with E-state index in [4.69, 9.17) is 11.6 Å². The van der Waals surface area contributed by atoms with E-state index < -0.39 is 10.8 Å². The second kappa shape index (κ2) is 8.37. The summed E-state index contributed by atoms with van der Waals surface area (Å²) < 4.78 is 0. The smallest absolute Gasteiger partial charge is 0.288 e. The first-order chi connectivity index (χ1) is 13.0. The van der Waals surface area contributed by atoms with E-state index in [-0.39, 0.29) is 16.3 Å². The summed E-state index contributed by atoms with van der Waals surface area (Å²) in [6.45, 7) is 7.29. The Balaban J connectivity index is 1.65. The van der Waals surface area contributed by atoms with Crippen LogP contribution in [-0.4, -0.2) is 48.5 Å². The van der Waals surface area contributed by atoms with E-state index in [1.165, 1.54) is 18.2 Å². The summed E-state index contributed by atoms with van der Waals surface area (Å²) in [7, 11) is 0. The van der Waals surface area contributed by atoms with Gasteiger partial charge in [0.2, 0.25) is 0 Å². The number of carbonyl (C=O) groups is 1. The predicted molar refractivity (Wildman–Crippen MR) is 107 cm³/mol. The van der Waals surface area contributed by atoms with E-state index in [0.717, 1.165) is 38.4 Å². The first-order valence-corrected chi connectivity index (χ1v) is 9.18. The van der Waals surface area contributed by atoms with Crippen LogP contribution in [0.5, 0.6) is 0 Å². The summed E-state index contributed by atoms with van der Waals surface area (Å²) >= 11 is 5.78. The molecule has 0 spiro atoms. The predicted octanol–water partition coefficient (Wildman–Crippen LogP) is 3.64. The van der Waals surface area contributed by atoms with Crippen LogP contribution < -0.4 is 10.2 Å². The molecule has 2 aromatic rings. The Kier molecular flexibility index (Phi) is 5.93. The van der Waals surface area contributed by atoms with Gasteiger partial charge in [-0.05, 0) is 42.9 Å². The monoisotopic (exact) mass is 388 g/mol. The second-order valence-corrected chi connectivity index (χ2v) is 6.75. The lowest BCUT2D eigenvalue weighted by atomic mass is 10.1. The number of piperazine rings is 1. The number of halogens is 1. The summed E-state index contributed by atoms with van der Waals surface area (Å²) in [5.74, 6) is -0.418. The molecule has 1 amide bonds. The van der Waals surface area contributed by atoms with Gasteiger partial charge in [0.15, 0.2) is 0 Å². The number of rotatable bonds is 5. The van der Waals surface area contributed by atoms with Crippen molar-refractivity contribution >= 4 is 34.6 Å². The van der Waals surface area contributed by atoms with E-state index in [1.54, 1.807) is 0 Å². The van der Waals surface area contributed by atoms with Gasteiger partial charge in [-0.2, -0.15) is 0 Å². The lowest BCUT2D eigenvalue weighted by Crippen LogP contribution is -2.46. The molecule has 8 heteroatoms. The number of nitro benzene ring substituents is 1. The summed E-state index contributed by atoms with van der Waals surface area (Å²) in [4.78, 5) is 27.5. The molecule has 0 saturated carbocycles. The molecular weight excluding hydrogens is 368 g/mol. The van der Waals surface area contributed by atoms with Gasteiger partial charge in [-0.3, -0.25) is 14.9 Å². The van der Waals surface area contributed by atoms with Crippen molar-refractivity contribution in [3.8, 4) is 0 Å². The van der Waals surface area contributed by atoms with E-state index in [2.05, 4.69) is 22.0 Å². The van der Waals surface area contributed by atoms with Crippen LogP contribution in [0.4, 0.5) is 17.1 Å². The van der Waals surface area contributed by atoms with Gasteiger partial charge in [-0.15, -0.1) is 0 Å². The minimum Gasteiger partial charge on any atom is -0.369 e. The van der Waals surface area contributed by atoms with Crippen LogP contribution in [0.3, 0.4) is 0 Å². The zero-order chi connectivity index (χ0) is 19.4. The van der Waals surface area contributed by atoms with Gasteiger partial charge in [-0.25, -0.2) is 0 Å². The van der Waals surface area contributed by atoms with Crippen molar-refractivity contribution in [1.29, 1.82) is 0 Å². The number of nitrogens with one attached hydrogen (secondary N) is 1. The highest BCUT2D eigenvalue weighted by Gasteiger charge is 2.17. The molecule has 0 atom stereocenters. The van der Waals surface area contributed by atoms with Crippen LogP contribution >= 0.6 is 11.6 Å². The molecule has 1 N–H and O–H groups in total. The topological polar surface area (TPSA) is 78.7 Å². The maximum atomic E-state index is 12.4. The number of nitro groups is 1. The van der Waals surface area contributed by atoms with Crippen molar-refractivity contribution in [2.24, 2.45) is 0 Å². The van der Waals surface area contributed by atoms with Crippen molar-refractivity contribution < 1.29 is 9.72 Å². The van der Waals surface area contributed by atoms with Gasteiger partial charge in [-0.1, -0.05) is 18.5 Å². The van der Waals surface area contributed by atoms with Gasteiger partial charge in [0.05, 0.1) is 4.92 Å². The van der Waals surface area contributed by atoms with Crippen molar-refractivity contribution in [1.82, 2.24) is 4.90 Å².